The Morgan fingerprint density at radius 2 is 2.29 bits per heavy atom. The van der Waals surface area contributed by atoms with Crippen molar-refractivity contribution in [2.75, 3.05) is 13.2 Å². The number of benzene rings is 1. The van der Waals surface area contributed by atoms with Gasteiger partial charge in [-0.25, -0.2) is 0 Å². The molecule has 1 aliphatic rings. The van der Waals surface area contributed by atoms with Crippen molar-refractivity contribution in [2.45, 2.75) is 19.9 Å². The van der Waals surface area contributed by atoms with Crippen molar-refractivity contribution in [1.82, 2.24) is 15.1 Å². The number of carbonyl (C=O) groups excluding carboxylic acids is 1. The van der Waals surface area contributed by atoms with Crippen LogP contribution < -0.4 is 10.1 Å². The third kappa shape index (κ3) is 3.07. The molecule has 0 aliphatic carbocycles. The summed E-state index contributed by atoms with van der Waals surface area (Å²) in [7, 11) is 0. The summed E-state index contributed by atoms with van der Waals surface area (Å²) < 4.78 is 7.47. The van der Waals surface area contributed by atoms with E-state index in [1.165, 1.54) is 5.56 Å². The van der Waals surface area contributed by atoms with Gasteiger partial charge in [-0.15, -0.1) is 0 Å². The highest BCUT2D eigenvalue weighted by atomic mass is 16.5. The van der Waals surface area contributed by atoms with E-state index in [0.717, 1.165) is 18.7 Å². The summed E-state index contributed by atoms with van der Waals surface area (Å²) >= 11 is 0. The van der Waals surface area contributed by atoms with Crippen molar-refractivity contribution in [2.24, 2.45) is 5.92 Å². The second-order valence-corrected chi connectivity index (χ2v) is 5.26. The number of hydrogen-bond acceptors (Lipinski definition) is 3. The van der Waals surface area contributed by atoms with Gasteiger partial charge in [0.05, 0.1) is 6.61 Å². The lowest BCUT2D eigenvalue weighted by Crippen LogP contribution is -2.35. The molecule has 3 rings (SSSR count). The Morgan fingerprint density at radius 3 is 3.10 bits per heavy atom. The van der Waals surface area contributed by atoms with Crippen LogP contribution in [0.15, 0.2) is 36.5 Å². The Kier molecular flexibility index (Phi) is 3.90. The van der Waals surface area contributed by atoms with E-state index in [4.69, 9.17) is 4.74 Å². The average Bonchev–Trinajstić information content (AvgIpc) is 3.01. The van der Waals surface area contributed by atoms with Crippen LogP contribution in [-0.2, 0) is 13.0 Å². The van der Waals surface area contributed by atoms with E-state index in [-0.39, 0.29) is 5.91 Å². The first kappa shape index (κ1) is 13.7. The van der Waals surface area contributed by atoms with E-state index in [1.54, 1.807) is 10.7 Å². The Hall–Kier alpha value is -2.30. The van der Waals surface area contributed by atoms with Gasteiger partial charge in [-0.3, -0.25) is 9.48 Å². The number of para-hydroxylation sites is 1. The van der Waals surface area contributed by atoms with Crippen molar-refractivity contribution in [3.63, 3.8) is 0 Å². The average molecular weight is 285 g/mol. The fourth-order valence-corrected chi connectivity index (χ4v) is 2.51. The SMILES string of the molecule is CCn1ccc(C(=O)NCC2COc3ccccc3C2)n1. The van der Waals surface area contributed by atoms with Gasteiger partial charge in [0.15, 0.2) is 0 Å². The van der Waals surface area contributed by atoms with Crippen molar-refractivity contribution >= 4 is 5.91 Å². The van der Waals surface area contributed by atoms with E-state index in [0.29, 0.717) is 24.8 Å². The minimum absolute atomic E-state index is 0.124. The number of aromatic nitrogens is 2. The van der Waals surface area contributed by atoms with E-state index < -0.39 is 0 Å². The number of nitrogens with zero attached hydrogens (tertiary/aromatic N) is 2. The molecule has 0 spiro atoms. The second-order valence-electron chi connectivity index (χ2n) is 5.26. The molecule has 1 aromatic heterocycles. The van der Waals surface area contributed by atoms with E-state index in [9.17, 15) is 4.79 Å². The highest BCUT2D eigenvalue weighted by molar-refractivity contribution is 5.92. The van der Waals surface area contributed by atoms with Gasteiger partial charge in [-0.2, -0.15) is 5.10 Å². The van der Waals surface area contributed by atoms with Crippen LogP contribution in [-0.4, -0.2) is 28.8 Å². The van der Waals surface area contributed by atoms with Gasteiger partial charge in [0, 0.05) is 25.2 Å². The number of rotatable bonds is 4. The first-order valence-corrected chi connectivity index (χ1v) is 7.28. The van der Waals surface area contributed by atoms with Crippen LogP contribution in [0.2, 0.25) is 0 Å². The number of nitrogens with one attached hydrogen (secondary N) is 1. The van der Waals surface area contributed by atoms with Gasteiger partial charge in [0.2, 0.25) is 0 Å². The van der Waals surface area contributed by atoms with E-state index >= 15 is 0 Å². The zero-order valence-corrected chi connectivity index (χ0v) is 12.1. The summed E-state index contributed by atoms with van der Waals surface area (Å²) in [5.74, 6) is 1.14. The number of carbonyl (C=O) groups is 1. The molecule has 1 aliphatic heterocycles. The predicted molar refractivity (Wildman–Crippen MR) is 79.4 cm³/mol. The summed E-state index contributed by atoms with van der Waals surface area (Å²) in [6.07, 6.45) is 2.74. The second kappa shape index (κ2) is 5.99. The Balaban J connectivity index is 1.55. The summed E-state index contributed by atoms with van der Waals surface area (Å²) in [5, 5.41) is 7.14. The molecule has 1 amide bonds. The summed E-state index contributed by atoms with van der Waals surface area (Å²) in [4.78, 5) is 12.0. The van der Waals surface area contributed by atoms with E-state index in [1.807, 2.05) is 31.3 Å². The zero-order chi connectivity index (χ0) is 14.7. The lowest BCUT2D eigenvalue weighted by Gasteiger charge is -2.25. The molecule has 1 atom stereocenters. The van der Waals surface area contributed by atoms with Gasteiger partial charge in [0.1, 0.15) is 11.4 Å². The molecule has 0 bridgehead atoms. The topological polar surface area (TPSA) is 56.2 Å². The minimum Gasteiger partial charge on any atom is -0.493 e. The van der Waals surface area contributed by atoms with Gasteiger partial charge in [0.25, 0.3) is 5.91 Å². The smallest absolute Gasteiger partial charge is 0.271 e. The molecule has 110 valence electrons. The van der Waals surface area contributed by atoms with Gasteiger partial charge >= 0.3 is 0 Å². The van der Waals surface area contributed by atoms with Gasteiger partial charge in [-0.05, 0) is 31.0 Å². The molecule has 0 saturated heterocycles. The maximum Gasteiger partial charge on any atom is 0.271 e. The molecule has 2 heterocycles. The van der Waals surface area contributed by atoms with Gasteiger partial charge < -0.3 is 10.1 Å². The summed E-state index contributed by atoms with van der Waals surface area (Å²) in [6.45, 7) is 4.00. The predicted octanol–water partition coefficient (Wildman–Crippen LogP) is 1.88. The molecule has 1 unspecified atom stereocenters. The molecule has 2 aromatic rings. The number of ether oxygens (including phenoxy) is 1. The molecular weight excluding hydrogens is 266 g/mol. The van der Waals surface area contributed by atoms with Crippen LogP contribution in [0.3, 0.4) is 0 Å². The fourth-order valence-electron chi connectivity index (χ4n) is 2.51. The molecule has 21 heavy (non-hydrogen) atoms. The van der Waals surface area contributed by atoms with Crippen molar-refractivity contribution in [3.05, 3.63) is 47.8 Å². The number of amides is 1. The quantitative estimate of drug-likeness (QED) is 0.933. The Bertz CT molecular complexity index is 636. The first-order chi connectivity index (χ1) is 10.3. The molecular formula is C16H19N3O2. The largest absolute Gasteiger partial charge is 0.493 e. The molecule has 0 fully saturated rings. The number of fused-ring (bicyclic) bond motifs is 1. The van der Waals surface area contributed by atoms with Crippen LogP contribution in [0, 0.1) is 5.92 Å². The summed E-state index contributed by atoms with van der Waals surface area (Å²) in [5.41, 5.74) is 1.67. The maximum atomic E-state index is 12.0. The third-order valence-corrected chi connectivity index (χ3v) is 3.70. The van der Waals surface area contributed by atoms with Crippen LogP contribution in [0.4, 0.5) is 0 Å². The number of hydrogen-bond donors (Lipinski definition) is 1. The standard InChI is InChI=1S/C16H19N3O2/c1-2-19-8-7-14(18-19)16(20)17-10-12-9-13-5-3-4-6-15(13)21-11-12/h3-8,12H,2,9-11H2,1H3,(H,17,20). The molecule has 0 radical (unpaired) electrons. The highest BCUT2D eigenvalue weighted by Crippen LogP contribution is 2.26. The molecule has 5 nitrogen and oxygen atoms in total. The third-order valence-electron chi connectivity index (χ3n) is 3.70. The Labute approximate surface area is 123 Å². The molecule has 1 aromatic carbocycles. The van der Waals surface area contributed by atoms with Crippen LogP contribution in [0.1, 0.15) is 23.0 Å². The minimum atomic E-state index is -0.124. The summed E-state index contributed by atoms with van der Waals surface area (Å²) in [6, 6.07) is 9.80. The van der Waals surface area contributed by atoms with Crippen molar-refractivity contribution in [3.8, 4) is 5.75 Å². The van der Waals surface area contributed by atoms with E-state index in [2.05, 4.69) is 16.5 Å². The monoisotopic (exact) mass is 285 g/mol. The lowest BCUT2D eigenvalue weighted by molar-refractivity contribution is 0.0933. The molecule has 1 N–H and O–H groups in total. The fraction of sp³-hybridized carbons (Fsp3) is 0.375. The van der Waals surface area contributed by atoms with Crippen molar-refractivity contribution in [1.29, 1.82) is 0 Å². The lowest BCUT2D eigenvalue weighted by atomic mass is 9.97. The molecule has 5 heteroatoms. The highest BCUT2D eigenvalue weighted by Gasteiger charge is 2.20. The number of aryl methyl sites for hydroxylation is 1. The normalized spacial score (nSPS) is 16.9. The van der Waals surface area contributed by atoms with Gasteiger partial charge in [-0.1, -0.05) is 18.2 Å². The van der Waals surface area contributed by atoms with Crippen LogP contribution in [0.5, 0.6) is 5.75 Å². The first-order valence-electron chi connectivity index (χ1n) is 7.28. The van der Waals surface area contributed by atoms with Crippen LogP contribution >= 0.6 is 0 Å². The Morgan fingerprint density at radius 1 is 1.43 bits per heavy atom. The van der Waals surface area contributed by atoms with Crippen LogP contribution in [0.25, 0.3) is 0 Å². The zero-order valence-electron chi connectivity index (χ0n) is 12.1. The molecule has 0 saturated carbocycles. The van der Waals surface area contributed by atoms with Crippen molar-refractivity contribution < 1.29 is 9.53 Å². The maximum absolute atomic E-state index is 12.0.